The summed E-state index contributed by atoms with van der Waals surface area (Å²) in [5.74, 6) is 0.801. The van der Waals surface area contributed by atoms with Crippen molar-refractivity contribution in [2.45, 2.75) is 19.6 Å². The van der Waals surface area contributed by atoms with Crippen molar-refractivity contribution >= 4 is 0 Å². The molecule has 0 atom stereocenters. The highest BCUT2D eigenvalue weighted by Gasteiger charge is 2.15. The Hall–Kier alpha value is -1.46. The standard InChI is InChI=1S/C11H16N2O3/c1-11(2,16-14)13-12-8-9-15-10-6-4-3-5-7-10/h3-7,14H,8-9H2,1-2H3. The summed E-state index contributed by atoms with van der Waals surface area (Å²) in [6.45, 7) is 4.07. The van der Waals surface area contributed by atoms with Crippen molar-refractivity contribution in [1.29, 1.82) is 0 Å². The van der Waals surface area contributed by atoms with Crippen LogP contribution in [0, 0.1) is 0 Å². The Morgan fingerprint density at radius 1 is 1.25 bits per heavy atom. The van der Waals surface area contributed by atoms with Gasteiger partial charge in [-0.05, 0) is 26.0 Å². The van der Waals surface area contributed by atoms with Gasteiger partial charge in [0.1, 0.15) is 12.4 Å². The molecule has 0 aliphatic carbocycles. The highest BCUT2D eigenvalue weighted by molar-refractivity contribution is 5.20. The highest BCUT2D eigenvalue weighted by atomic mass is 17.1. The van der Waals surface area contributed by atoms with Crippen molar-refractivity contribution in [2.24, 2.45) is 10.2 Å². The summed E-state index contributed by atoms with van der Waals surface area (Å²) >= 11 is 0. The lowest BCUT2D eigenvalue weighted by molar-refractivity contribution is -0.311. The van der Waals surface area contributed by atoms with Gasteiger partial charge in [-0.1, -0.05) is 18.2 Å². The predicted octanol–water partition coefficient (Wildman–Crippen LogP) is 2.74. The van der Waals surface area contributed by atoms with E-state index in [0.29, 0.717) is 13.2 Å². The fraction of sp³-hybridized carbons (Fsp3) is 0.455. The minimum atomic E-state index is -0.993. The average Bonchev–Trinajstić information content (AvgIpc) is 2.30. The molecule has 1 aromatic carbocycles. The van der Waals surface area contributed by atoms with Crippen molar-refractivity contribution < 1.29 is 14.9 Å². The van der Waals surface area contributed by atoms with Gasteiger partial charge in [0.25, 0.3) is 0 Å². The molecular formula is C11H16N2O3. The van der Waals surface area contributed by atoms with E-state index in [1.807, 2.05) is 30.3 Å². The fourth-order valence-electron chi connectivity index (χ4n) is 0.960. The van der Waals surface area contributed by atoms with E-state index in [-0.39, 0.29) is 0 Å². The van der Waals surface area contributed by atoms with Crippen LogP contribution in [0.3, 0.4) is 0 Å². The third kappa shape index (κ3) is 4.86. The molecule has 0 radical (unpaired) electrons. The minimum Gasteiger partial charge on any atom is -0.492 e. The zero-order valence-electron chi connectivity index (χ0n) is 9.46. The first-order valence-corrected chi connectivity index (χ1v) is 5.03. The van der Waals surface area contributed by atoms with Crippen molar-refractivity contribution in [3.05, 3.63) is 30.3 Å². The maximum atomic E-state index is 8.44. The predicted molar refractivity (Wildman–Crippen MR) is 59.5 cm³/mol. The molecular weight excluding hydrogens is 208 g/mol. The molecule has 0 aliphatic rings. The Bertz CT molecular complexity index is 325. The van der Waals surface area contributed by atoms with Crippen LogP contribution >= 0.6 is 0 Å². The molecule has 0 aliphatic heterocycles. The zero-order valence-corrected chi connectivity index (χ0v) is 9.46. The lowest BCUT2D eigenvalue weighted by atomic mass is 10.3. The second kappa shape index (κ2) is 6.19. The van der Waals surface area contributed by atoms with Gasteiger partial charge in [-0.15, -0.1) is 0 Å². The molecule has 0 aromatic heterocycles. The van der Waals surface area contributed by atoms with Gasteiger partial charge in [-0.3, -0.25) is 0 Å². The molecule has 0 amide bonds. The van der Waals surface area contributed by atoms with Crippen LogP contribution in [0.5, 0.6) is 5.75 Å². The molecule has 5 heteroatoms. The van der Waals surface area contributed by atoms with Crippen molar-refractivity contribution in [3.63, 3.8) is 0 Å². The maximum Gasteiger partial charge on any atom is 0.206 e. The Kier molecular flexibility index (Phi) is 4.88. The number of nitrogens with zero attached hydrogens (tertiary/aromatic N) is 2. The number of ether oxygens (including phenoxy) is 1. The first-order chi connectivity index (χ1) is 7.64. The lowest BCUT2D eigenvalue weighted by Gasteiger charge is -2.12. The van der Waals surface area contributed by atoms with E-state index in [9.17, 15) is 0 Å². The second-order valence-electron chi connectivity index (χ2n) is 3.66. The molecule has 88 valence electrons. The molecule has 0 spiro atoms. The fourth-order valence-corrected chi connectivity index (χ4v) is 0.960. The smallest absolute Gasteiger partial charge is 0.206 e. The molecule has 0 heterocycles. The summed E-state index contributed by atoms with van der Waals surface area (Å²) in [5.41, 5.74) is -0.993. The van der Waals surface area contributed by atoms with Gasteiger partial charge in [-0.2, -0.15) is 10.2 Å². The van der Waals surface area contributed by atoms with Crippen LogP contribution < -0.4 is 4.74 Å². The van der Waals surface area contributed by atoms with Crippen LogP contribution in [0.2, 0.25) is 0 Å². The van der Waals surface area contributed by atoms with Crippen LogP contribution in [0.25, 0.3) is 0 Å². The monoisotopic (exact) mass is 224 g/mol. The summed E-state index contributed by atoms with van der Waals surface area (Å²) < 4.78 is 5.40. The first-order valence-electron chi connectivity index (χ1n) is 5.03. The molecule has 0 unspecified atom stereocenters. The van der Waals surface area contributed by atoms with Crippen LogP contribution in [-0.4, -0.2) is 24.1 Å². The second-order valence-corrected chi connectivity index (χ2v) is 3.66. The lowest BCUT2D eigenvalue weighted by Crippen LogP contribution is -2.18. The van der Waals surface area contributed by atoms with Crippen LogP contribution in [0.4, 0.5) is 0 Å². The third-order valence-corrected chi connectivity index (χ3v) is 1.74. The normalized spacial score (nSPS) is 11.9. The van der Waals surface area contributed by atoms with Crippen LogP contribution in [0.15, 0.2) is 40.6 Å². The van der Waals surface area contributed by atoms with E-state index in [0.717, 1.165) is 5.75 Å². The summed E-state index contributed by atoms with van der Waals surface area (Å²) in [7, 11) is 0. The van der Waals surface area contributed by atoms with Gasteiger partial charge in [0.05, 0.1) is 6.54 Å². The number of hydrogen-bond donors (Lipinski definition) is 1. The van der Waals surface area contributed by atoms with Gasteiger partial charge in [-0.25, -0.2) is 10.1 Å². The largest absolute Gasteiger partial charge is 0.492 e. The average molecular weight is 224 g/mol. The molecule has 16 heavy (non-hydrogen) atoms. The summed E-state index contributed by atoms with van der Waals surface area (Å²) in [6.07, 6.45) is 0. The minimum absolute atomic E-state index is 0.418. The number of benzene rings is 1. The summed E-state index contributed by atoms with van der Waals surface area (Å²) in [4.78, 5) is 4.10. The number of para-hydroxylation sites is 1. The van der Waals surface area contributed by atoms with E-state index in [2.05, 4.69) is 15.1 Å². The van der Waals surface area contributed by atoms with E-state index in [4.69, 9.17) is 9.99 Å². The zero-order chi connectivity index (χ0) is 11.9. The van der Waals surface area contributed by atoms with E-state index >= 15 is 0 Å². The van der Waals surface area contributed by atoms with Gasteiger partial charge < -0.3 is 4.74 Å². The first kappa shape index (κ1) is 12.6. The Labute approximate surface area is 94.7 Å². The Morgan fingerprint density at radius 2 is 1.94 bits per heavy atom. The van der Waals surface area contributed by atoms with Crippen LogP contribution in [-0.2, 0) is 4.89 Å². The van der Waals surface area contributed by atoms with E-state index < -0.39 is 5.72 Å². The molecule has 1 aromatic rings. The summed E-state index contributed by atoms with van der Waals surface area (Å²) in [5, 5.41) is 16.1. The third-order valence-electron chi connectivity index (χ3n) is 1.74. The van der Waals surface area contributed by atoms with Gasteiger partial charge in [0, 0.05) is 0 Å². The SMILES string of the molecule is CC(C)(N=NCCOc1ccccc1)OO. The molecule has 0 saturated carbocycles. The van der Waals surface area contributed by atoms with Gasteiger partial charge in [0.15, 0.2) is 0 Å². The molecule has 0 fully saturated rings. The molecule has 1 N–H and O–H groups in total. The Balaban J connectivity index is 2.22. The number of rotatable bonds is 6. The van der Waals surface area contributed by atoms with Gasteiger partial charge in [0.2, 0.25) is 5.72 Å². The molecule has 0 saturated heterocycles. The maximum absolute atomic E-state index is 8.44. The van der Waals surface area contributed by atoms with Crippen molar-refractivity contribution in [1.82, 2.24) is 0 Å². The topological polar surface area (TPSA) is 63.4 Å². The highest BCUT2D eigenvalue weighted by Crippen LogP contribution is 2.10. The van der Waals surface area contributed by atoms with Crippen LogP contribution in [0.1, 0.15) is 13.8 Å². The van der Waals surface area contributed by atoms with Gasteiger partial charge >= 0.3 is 0 Å². The Morgan fingerprint density at radius 3 is 2.56 bits per heavy atom. The molecule has 1 rings (SSSR count). The van der Waals surface area contributed by atoms with Crippen molar-refractivity contribution in [3.8, 4) is 5.75 Å². The quantitative estimate of drug-likeness (QED) is 0.350. The van der Waals surface area contributed by atoms with E-state index in [1.165, 1.54) is 0 Å². The molecule has 5 nitrogen and oxygen atoms in total. The molecule has 0 bridgehead atoms. The number of azo groups is 1. The van der Waals surface area contributed by atoms with E-state index in [1.54, 1.807) is 13.8 Å². The summed E-state index contributed by atoms with van der Waals surface area (Å²) in [6, 6.07) is 9.47. The number of hydrogen-bond acceptors (Lipinski definition) is 5. The van der Waals surface area contributed by atoms with Crippen molar-refractivity contribution in [2.75, 3.05) is 13.2 Å².